The summed E-state index contributed by atoms with van der Waals surface area (Å²) in [6, 6.07) is 0. The van der Waals surface area contributed by atoms with E-state index in [1.807, 2.05) is 13.8 Å². The van der Waals surface area contributed by atoms with Crippen LogP contribution in [0.1, 0.15) is 53.9 Å². The first kappa shape index (κ1) is 19.9. The summed E-state index contributed by atoms with van der Waals surface area (Å²) in [6.45, 7) is 8.69. The maximum absolute atomic E-state index is 12.4. The summed E-state index contributed by atoms with van der Waals surface area (Å²) in [5.74, 6) is -0.688. The molecule has 1 aromatic heterocycles. The third-order valence-corrected chi connectivity index (χ3v) is 5.40. The number of carbonyl (C=O) groups excluding carboxylic acids is 2. The first-order valence-corrected chi connectivity index (χ1v) is 9.56. The number of hydrogen-bond donors (Lipinski definition) is 1. The molecule has 1 aliphatic rings. The van der Waals surface area contributed by atoms with Gasteiger partial charge in [0.05, 0.1) is 24.9 Å². The van der Waals surface area contributed by atoms with Crippen LogP contribution in [-0.4, -0.2) is 43.9 Å². The lowest BCUT2D eigenvalue weighted by atomic mass is 10.1. The number of nitrogens with one attached hydrogen (secondary N) is 1. The topological polar surface area (TPSA) is 73.9 Å². The van der Waals surface area contributed by atoms with Crippen molar-refractivity contribution in [3.63, 3.8) is 0 Å². The number of aryl methyl sites for hydroxylation is 1. The number of hydrogen-bond acceptors (Lipinski definition) is 6. The average Bonchev–Trinajstić information content (AvgIpc) is 2.87. The molecule has 1 amide bonds. The molecule has 2 heterocycles. The van der Waals surface area contributed by atoms with Crippen LogP contribution in [0.25, 0.3) is 0 Å². The molecule has 1 aliphatic heterocycles. The second kappa shape index (κ2) is 9.31. The van der Waals surface area contributed by atoms with Crippen molar-refractivity contribution in [3.05, 3.63) is 16.0 Å². The van der Waals surface area contributed by atoms with Gasteiger partial charge in [0, 0.05) is 11.5 Å². The minimum atomic E-state index is -0.622. The van der Waals surface area contributed by atoms with Crippen LogP contribution in [0, 0.1) is 13.8 Å². The number of rotatable bonds is 7. The van der Waals surface area contributed by atoms with E-state index in [0.29, 0.717) is 23.8 Å². The van der Waals surface area contributed by atoms with Gasteiger partial charge in [0.15, 0.2) is 0 Å². The van der Waals surface area contributed by atoms with Gasteiger partial charge in [-0.05, 0) is 52.5 Å². The first-order valence-electron chi connectivity index (χ1n) is 8.75. The highest BCUT2D eigenvalue weighted by Crippen LogP contribution is 2.33. The van der Waals surface area contributed by atoms with Gasteiger partial charge in [0.2, 0.25) is 0 Å². The van der Waals surface area contributed by atoms with E-state index in [4.69, 9.17) is 14.2 Å². The van der Waals surface area contributed by atoms with Gasteiger partial charge in [-0.3, -0.25) is 4.79 Å². The van der Waals surface area contributed by atoms with E-state index in [1.165, 1.54) is 11.3 Å². The molecule has 0 radical (unpaired) electrons. The van der Waals surface area contributed by atoms with E-state index in [-0.39, 0.29) is 12.0 Å². The maximum Gasteiger partial charge on any atom is 0.341 e. The summed E-state index contributed by atoms with van der Waals surface area (Å²) in [5, 5.41) is 3.33. The van der Waals surface area contributed by atoms with E-state index < -0.39 is 12.1 Å². The van der Waals surface area contributed by atoms with Crippen LogP contribution >= 0.6 is 11.3 Å². The largest absolute Gasteiger partial charge is 0.462 e. The zero-order chi connectivity index (χ0) is 18.4. The van der Waals surface area contributed by atoms with Gasteiger partial charge in [-0.2, -0.15) is 0 Å². The number of ether oxygens (including phenoxy) is 3. The summed E-state index contributed by atoms with van der Waals surface area (Å²) in [6.07, 6.45) is 2.62. The molecule has 0 aromatic carbocycles. The summed E-state index contributed by atoms with van der Waals surface area (Å²) in [4.78, 5) is 25.6. The van der Waals surface area contributed by atoms with Gasteiger partial charge >= 0.3 is 5.97 Å². The molecule has 2 unspecified atom stereocenters. The van der Waals surface area contributed by atoms with Crippen molar-refractivity contribution >= 4 is 28.2 Å². The number of thiophene rings is 1. The lowest BCUT2D eigenvalue weighted by molar-refractivity contribution is -0.130. The minimum Gasteiger partial charge on any atom is -0.462 e. The summed E-state index contributed by atoms with van der Waals surface area (Å²) >= 11 is 1.37. The Bertz CT molecular complexity index is 607. The molecule has 1 saturated heterocycles. The quantitative estimate of drug-likeness (QED) is 0.745. The highest BCUT2D eigenvalue weighted by molar-refractivity contribution is 7.16. The second-order valence-electron chi connectivity index (χ2n) is 6.16. The van der Waals surface area contributed by atoms with Crippen molar-refractivity contribution in [1.82, 2.24) is 0 Å². The summed E-state index contributed by atoms with van der Waals surface area (Å²) in [5.41, 5.74) is 1.27. The van der Waals surface area contributed by atoms with Crippen molar-refractivity contribution < 1.29 is 23.8 Å². The van der Waals surface area contributed by atoms with Crippen molar-refractivity contribution in [2.24, 2.45) is 0 Å². The highest BCUT2D eigenvalue weighted by Gasteiger charge is 2.24. The zero-order valence-corrected chi connectivity index (χ0v) is 16.2. The van der Waals surface area contributed by atoms with Crippen LogP contribution in [0.5, 0.6) is 0 Å². The Kier molecular flexibility index (Phi) is 7.40. The Labute approximate surface area is 152 Å². The van der Waals surface area contributed by atoms with E-state index in [2.05, 4.69) is 5.32 Å². The molecule has 0 aliphatic carbocycles. The Hall–Kier alpha value is -1.44. The predicted octanol–water partition coefficient (Wildman–Crippen LogP) is 3.45. The fraction of sp³-hybridized carbons (Fsp3) is 0.667. The molecule has 1 fully saturated rings. The van der Waals surface area contributed by atoms with Crippen LogP contribution in [0.15, 0.2) is 0 Å². The number of esters is 1. The predicted molar refractivity (Wildman–Crippen MR) is 97.4 cm³/mol. The monoisotopic (exact) mass is 369 g/mol. The molecule has 2 atom stereocenters. The van der Waals surface area contributed by atoms with Gasteiger partial charge < -0.3 is 19.5 Å². The van der Waals surface area contributed by atoms with Gasteiger partial charge in [-0.1, -0.05) is 0 Å². The van der Waals surface area contributed by atoms with E-state index in [0.717, 1.165) is 36.3 Å². The first-order chi connectivity index (χ1) is 11.9. The Balaban J connectivity index is 1.97. The molecule has 2 rings (SSSR count). The lowest BCUT2D eigenvalue weighted by Gasteiger charge is -2.23. The Morgan fingerprint density at radius 2 is 2.12 bits per heavy atom. The van der Waals surface area contributed by atoms with Crippen LogP contribution in [0.4, 0.5) is 5.00 Å². The van der Waals surface area contributed by atoms with Crippen molar-refractivity contribution in [1.29, 1.82) is 0 Å². The van der Waals surface area contributed by atoms with E-state index in [1.54, 1.807) is 13.8 Å². The van der Waals surface area contributed by atoms with Gasteiger partial charge in [-0.15, -0.1) is 11.3 Å². The summed E-state index contributed by atoms with van der Waals surface area (Å²) in [7, 11) is 0. The van der Waals surface area contributed by atoms with Crippen molar-refractivity contribution in [2.75, 3.05) is 25.1 Å². The fourth-order valence-corrected chi connectivity index (χ4v) is 3.70. The van der Waals surface area contributed by atoms with Gasteiger partial charge in [-0.25, -0.2) is 4.79 Å². The average molecular weight is 369 g/mol. The fourth-order valence-electron chi connectivity index (χ4n) is 2.64. The number of carbonyl (C=O) groups is 2. The maximum atomic E-state index is 12.4. The van der Waals surface area contributed by atoms with Gasteiger partial charge in [0.1, 0.15) is 11.1 Å². The van der Waals surface area contributed by atoms with Crippen LogP contribution in [0.2, 0.25) is 0 Å². The van der Waals surface area contributed by atoms with Crippen LogP contribution in [0.3, 0.4) is 0 Å². The molecule has 140 valence electrons. The second-order valence-corrected chi connectivity index (χ2v) is 7.39. The van der Waals surface area contributed by atoms with Crippen molar-refractivity contribution in [2.45, 2.75) is 59.2 Å². The molecular weight excluding hydrogens is 342 g/mol. The summed E-state index contributed by atoms with van der Waals surface area (Å²) < 4.78 is 16.4. The zero-order valence-electron chi connectivity index (χ0n) is 15.3. The Morgan fingerprint density at radius 1 is 1.36 bits per heavy atom. The minimum absolute atomic E-state index is 0.0605. The van der Waals surface area contributed by atoms with Crippen LogP contribution < -0.4 is 5.32 Å². The molecule has 1 N–H and O–H groups in total. The molecule has 6 nitrogen and oxygen atoms in total. The Morgan fingerprint density at radius 3 is 2.76 bits per heavy atom. The molecule has 1 aromatic rings. The van der Waals surface area contributed by atoms with Crippen molar-refractivity contribution in [3.8, 4) is 0 Å². The van der Waals surface area contributed by atoms with E-state index >= 15 is 0 Å². The highest BCUT2D eigenvalue weighted by atomic mass is 32.1. The lowest BCUT2D eigenvalue weighted by Crippen LogP contribution is -2.32. The molecule has 7 heteroatoms. The SMILES string of the molecule is CCOC(=O)c1c(NC(=O)C(C)OCC2CCCCO2)sc(C)c1C. The number of amides is 1. The third kappa shape index (κ3) is 5.26. The molecule has 25 heavy (non-hydrogen) atoms. The van der Waals surface area contributed by atoms with E-state index in [9.17, 15) is 9.59 Å². The number of anilines is 1. The third-order valence-electron chi connectivity index (χ3n) is 4.28. The van der Waals surface area contributed by atoms with Crippen LogP contribution in [-0.2, 0) is 19.0 Å². The van der Waals surface area contributed by atoms with Gasteiger partial charge in [0.25, 0.3) is 5.91 Å². The molecule has 0 bridgehead atoms. The normalized spacial score (nSPS) is 18.6. The standard InChI is InChI=1S/C18H27NO5S/c1-5-22-18(21)15-11(2)13(4)25-17(15)19-16(20)12(3)24-10-14-8-6-7-9-23-14/h12,14H,5-10H2,1-4H3,(H,19,20). The molecule has 0 spiro atoms. The molecular formula is C18H27NO5S. The smallest absolute Gasteiger partial charge is 0.341 e. The molecule has 0 saturated carbocycles.